The van der Waals surface area contributed by atoms with Crippen LogP contribution < -0.4 is 0 Å². The van der Waals surface area contributed by atoms with Crippen LogP contribution in [-0.2, 0) is 19.1 Å². The molecule has 0 saturated carbocycles. The van der Waals surface area contributed by atoms with E-state index in [1.54, 1.807) is 12.3 Å². The van der Waals surface area contributed by atoms with Gasteiger partial charge in [0.2, 0.25) is 0 Å². The molecule has 1 atom stereocenters. The molecule has 7 heteroatoms. The summed E-state index contributed by atoms with van der Waals surface area (Å²) in [6, 6.07) is 5.56. The lowest BCUT2D eigenvalue weighted by atomic mass is 9.90. The Balaban J connectivity index is 1.50. The van der Waals surface area contributed by atoms with E-state index in [1.807, 2.05) is 9.47 Å². The van der Waals surface area contributed by atoms with Gasteiger partial charge in [-0.25, -0.2) is 4.98 Å². The summed E-state index contributed by atoms with van der Waals surface area (Å²) in [4.78, 5) is 19.1. The van der Waals surface area contributed by atoms with E-state index in [9.17, 15) is 18.0 Å². The highest BCUT2D eigenvalue weighted by molar-refractivity contribution is 5.92. The number of nitrogens with zero attached hydrogens (tertiary/aromatic N) is 3. The highest BCUT2D eigenvalue weighted by Crippen LogP contribution is 2.34. The summed E-state index contributed by atoms with van der Waals surface area (Å²) in [7, 11) is 0. The lowest BCUT2D eigenvalue weighted by molar-refractivity contribution is -0.137. The Bertz CT molecular complexity index is 866. The van der Waals surface area contributed by atoms with Crippen LogP contribution in [0.3, 0.4) is 0 Å². The Kier molecular flexibility index (Phi) is 4.93. The SMILES string of the molecule is CC1CCN(C(=O)c2cn3c(n2)CC[C@@H](c2cccc(C(F)(F)F)c2)C3)CC1. The van der Waals surface area contributed by atoms with Crippen molar-refractivity contribution in [2.24, 2.45) is 5.92 Å². The van der Waals surface area contributed by atoms with Crippen LogP contribution >= 0.6 is 0 Å². The summed E-state index contributed by atoms with van der Waals surface area (Å²) < 4.78 is 41.0. The van der Waals surface area contributed by atoms with Crippen LogP contribution in [0, 0.1) is 5.92 Å². The molecule has 0 N–H and O–H groups in total. The minimum atomic E-state index is -4.34. The van der Waals surface area contributed by atoms with E-state index in [0.29, 0.717) is 30.1 Å². The van der Waals surface area contributed by atoms with Gasteiger partial charge in [-0.2, -0.15) is 13.2 Å². The zero-order valence-corrected chi connectivity index (χ0v) is 15.9. The maximum Gasteiger partial charge on any atom is 0.416 e. The Morgan fingerprint density at radius 3 is 2.64 bits per heavy atom. The normalized spacial score (nSPS) is 20.9. The number of halogens is 3. The summed E-state index contributed by atoms with van der Waals surface area (Å²) in [5.74, 6) is 1.44. The second kappa shape index (κ2) is 7.26. The van der Waals surface area contributed by atoms with E-state index in [1.165, 1.54) is 12.1 Å². The van der Waals surface area contributed by atoms with Gasteiger partial charge in [0.1, 0.15) is 11.5 Å². The number of aryl methyl sites for hydroxylation is 1. The van der Waals surface area contributed by atoms with Gasteiger partial charge in [0.15, 0.2) is 0 Å². The molecule has 1 fully saturated rings. The molecule has 3 heterocycles. The Labute approximate surface area is 162 Å². The summed E-state index contributed by atoms with van der Waals surface area (Å²) >= 11 is 0. The first-order chi connectivity index (χ1) is 13.3. The lowest BCUT2D eigenvalue weighted by Gasteiger charge is -2.29. The molecule has 1 amide bonds. The van der Waals surface area contributed by atoms with Crippen molar-refractivity contribution < 1.29 is 18.0 Å². The molecule has 0 spiro atoms. The number of imidazole rings is 1. The first-order valence-corrected chi connectivity index (χ1v) is 9.83. The maximum absolute atomic E-state index is 13.0. The van der Waals surface area contributed by atoms with Gasteiger partial charge < -0.3 is 9.47 Å². The van der Waals surface area contributed by atoms with Gasteiger partial charge in [-0.1, -0.05) is 25.1 Å². The maximum atomic E-state index is 13.0. The number of amides is 1. The molecule has 28 heavy (non-hydrogen) atoms. The number of rotatable bonds is 2. The van der Waals surface area contributed by atoms with Crippen LogP contribution in [0.5, 0.6) is 0 Å². The molecule has 1 aromatic carbocycles. The summed E-state index contributed by atoms with van der Waals surface area (Å²) in [5, 5.41) is 0. The Morgan fingerprint density at radius 2 is 1.93 bits per heavy atom. The molecule has 1 aromatic heterocycles. The number of alkyl halides is 3. The molecule has 1 saturated heterocycles. The van der Waals surface area contributed by atoms with E-state index < -0.39 is 11.7 Å². The quantitative estimate of drug-likeness (QED) is 0.756. The van der Waals surface area contributed by atoms with Crippen molar-refractivity contribution >= 4 is 5.91 Å². The number of aromatic nitrogens is 2. The minimum absolute atomic E-state index is 0.0113. The number of likely N-dealkylation sites (tertiary alicyclic amines) is 1. The van der Waals surface area contributed by atoms with Gasteiger partial charge in [-0.15, -0.1) is 0 Å². The third-order valence-corrected chi connectivity index (χ3v) is 5.97. The van der Waals surface area contributed by atoms with Crippen molar-refractivity contribution in [2.45, 2.75) is 51.2 Å². The van der Waals surface area contributed by atoms with Gasteiger partial charge >= 0.3 is 6.18 Å². The topological polar surface area (TPSA) is 38.1 Å². The molecule has 0 aliphatic carbocycles. The number of carbonyl (C=O) groups excluding carboxylic acids is 1. The number of hydrogen-bond acceptors (Lipinski definition) is 2. The van der Waals surface area contributed by atoms with Crippen LogP contribution in [0.25, 0.3) is 0 Å². The zero-order valence-electron chi connectivity index (χ0n) is 15.9. The lowest BCUT2D eigenvalue weighted by Crippen LogP contribution is -2.38. The third-order valence-electron chi connectivity index (χ3n) is 5.97. The second-order valence-electron chi connectivity index (χ2n) is 8.03. The molecule has 2 aliphatic rings. The molecule has 0 unspecified atom stereocenters. The molecule has 4 rings (SSSR count). The van der Waals surface area contributed by atoms with Gasteiger partial charge in [-0.3, -0.25) is 4.79 Å². The largest absolute Gasteiger partial charge is 0.416 e. The van der Waals surface area contributed by atoms with E-state index in [4.69, 9.17) is 0 Å². The van der Waals surface area contributed by atoms with E-state index >= 15 is 0 Å². The molecule has 2 aliphatic heterocycles. The number of carbonyl (C=O) groups is 1. The van der Waals surface area contributed by atoms with Crippen molar-refractivity contribution in [1.82, 2.24) is 14.5 Å². The van der Waals surface area contributed by atoms with Crippen LogP contribution in [0.1, 0.15) is 59.5 Å². The fourth-order valence-electron chi connectivity index (χ4n) is 4.16. The molecule has 0 radical (unpaired) electrons. The fraction of sp³-hybridized carbons (Fsp3) is 0.524. The van der Waals surface area contributed by atoms with Gasteiger partial charge in [-0.05, 0) is 36.8 Å². The number of hydrogen-bond donors (Lipinski definition) is 0. The Hall–Kier alpha value is -2.31. The standard InChI is InChI=1S/C21H24F3N3O/c1-14-7-9-26(10-8-14)20(28)18-13-27-12-16(5-6-19(27)25-18)15-3-2-4-17(11-15)21(22,23)24/h2-4,11,13-14,16H,5-10,12H2,1H3/t16-/m1/s1. The van der Waals surface area contributed by atoms with E-state index in [0.717, 1.165) is 44.2 Å². The van der Waals surface area contributed by atoms with Gasteiger partial charge in [0.05, 0.1) is 5.56 Å². The predicted molar refractivity (Wildman–Crippen MR) is 99.0 cm³/mol. The van der Waals surface area contributed by atoms with Crippen LogP contribution in [0.15, 0.2) is 30.5 Å². The predicted octanol–water partition coefficient (Wildman–Crippen LogP) is 4.50. The fourth-order valence-corrected chi connectivity index (χ4v) is 4.16. The first-order valence-electron chi connectivity index (χ1n) is 9.83. The van der Waals surface area contributed by atoms with Crippen molar-refractivity contribution in [2.75, 3.05) is 13.1 Å². The molecular formula is C21H24F3N3O. The smallest absolute Gasteiger partial charge is 0.337 e. The van der Waals surface area contributed by atoms with Gasteiger partial charge in [0, 0.05) is 38.2 Å². The van der Waals surface area contributed by atoms with Crippen LogP contribution in [0.2, 0.25) is 0 Å². The molecule has 2 aromatic rings. The van der Waals surface area contributed by atoms with Crippen LogP contribution in [-0.4, -0.2) is 33.4 Å². The first kappa shape index (κ1) is 19.0. The second-order valence-corrected chi connectivity index (χ2v) is 8.03. The minimum Gasteiger partial charge on any atom is -0.337 e. The summed E-state index contributed by atoms with van der Waals surface area (Å²) in [6.45, 7) is 4.27. The zero-order chi connectivity index (χ0) is 19.9. The average Bonchev–Trinajstić information content (AvgIpc) is 3.11. The van der Waals surface area contributed by atoms with Crippen molar-refractivity contribution in [1.29, 1.82) is 0 Å². The number of piperidine rings is 1. The van der Waals surface area contributed by atoms with Crippen LogP contribution in [0.4, 0.5) is 13.2 Å². The Morgan fingerprint density at radius 1 is 1.18 bits per heavy atom. The van der Waals surface area contributed by atoms with E-state index in [2.05, 4.69) is 11.9 Å². The molecule has 4 nitrogen and oxygen atoms in total. The van der Waals surface area contributed by atoms with Crippen molar-refractivity contribution in [3.05, 3.63) is 53.1 Å². The van der Waals surface area contributed by atoms with Gasteiger partial charge in [0.25, 0.3) is 5.91 Å². The van der Waals surface area contributed by atoms with Crippen molar-refractivity contribution in [3.8, 4) is 0 Å². The number of fused-ring (bicyclic) bond motifs is 1. The molecular weight excluding hydrogens is 367 g/mol. The molecule has 0 bridgehead atoms. The average molecular weight is 391 g/mol. The molecule has 150 valence electrons. The third kappa shape index (κ3) is 3.80. The van der Waals surface area contributed by atoms with E-state index in [-0.39, 0.29) is 11.8 Å². The monoisotopic (exact) mass is 391 g/mol. The number of benzene rings is 1. The summed E-state index contributed by atoms with van der Waals surface area (Å²) in [5.41, 5.74) is 0.526. The highest BCUT2D eigenvalue weighted by atomic mass is 19.4. The highest BCUT2D eigenvalue weighted by Gasteiger charge is 2.32. The summed E-state index contributed by atoms with van der Waals surface area (Å²) in [6.07, 6.45) is 0.845. The van der Waals surface area contributed by atoms with Crippen molar-refractivity contribution in [3.63, 3.8) is 0 Å².